The van der Waals surface area contributed by atoms with Gasteiger partial charge in [0, 0.05) is 3.57 Å². The van der Waals surface area contributed by atoms with Crippen LogP contribution in [0.4, 0.5) is 0 Å². The lowest BCUT2D eigenvalue weighted by Gasteiger charge is -2.21. The van der Waals surface area contributed by atoms with Gasteiger partial charge in [0.2, 0.25) is 0 Å². The van der Waals surface area contributed by atoms with Crippen molar-refractivity contribution in [2.75, 3.05) is 6.54 Å². The van der Waals surface area contributed by atoms with E-state index in [0.29, 0.717) is 0 Å². The van der Waals surface area contributed by atoms with Crippen molar-refractivity contribution in [2.24, 2.45) is 0 Å². The second kappa shape index (κ2) is 8.16. The number of benzene rings is 2. The molecule has 0 saturated carbocycles. The molecule has 1 atom stereocenters. The lowest BCUT2D eigenvalue weighted by Crippen LogP contribution is -2.23. The molecule has 0 heterocycles. The fraction of sp³-hybridized carbons (Fsp3) is 0.333. The Balaban J connectivity index is 2.38. The van der Waals surface area contributed by atoms with Gasteiger partial charge in [-0.3, -0.25) is 0 Å². The normalized spacial score (nSPS) is 12.4. The average Bonchev–Trinajstić information content (AvgIpc) is 2.51. The van der Waals surface area contributed by atoms with Gasteiger partial charge >= 0.3 is 0 Å². The first kappa shape index (κ1) is 16.8. The molecule has 0 aliphatic carbocycles. The van der Waals surface area contributed by atoms with Crippen LogP contribution in [0.5, 0.6) is 0 Å². The number of hydrogen-bond acceptors (Lipinski definition) is 1. The Morgan fingerprint density at radius 2 is 1.86 bits per heavy atom. The molecular weight excluding hydrogens is 393 g/mol. The summed E-state index contributed by atoms with van der Waals surface area (Å²) in [6.07, 6.45) is 2.17. The van der Waals surface area contributed by atoms with Crippen LogP contribution in [0.1, 0.15) is 43.0 Å². The van der Waals surface area contributed by atoms with Gasteiger partial charge in [-0.25, -0.2) is 0 Å². The van der Waals surface area contributed by atoms with Gasteiger partial charge in [0.1, 0.15) is 0 Å². The van der Waals surface area contributed by atoms with Crippen LogP contribution in [-0.4, -0.2) is 6.54 Å². The van der Waals surface area contributed by atoms with E-state index in [1.54, 1.807) is 0 Å². The van der Waals surface area contributed by atoms with Crippen LogP contribution in [0, 0.1) is 3.57 Å². The van der Waals surface area contributed by atoms with Gasteiger partial charge in [0.25, 0.3) is 0 Å². The lowest BCUT2D eigenvalue weighted by atomic mass is 9.96. The third-order valence-corrected chi connectivity index (χ3v) is 5.14. The fourth-order valence-electron chi connectivity index (χ4n) is 2.40. The standard InChI is InChI=1S/C18H21ClIN/c1-3-10-21-18(14-7-5-6-13(4-2)11-14)15-8-9-17(20)16(19)12-15/h5-9,11-12,18,21H,3-4,10H2,1-2H3. The summed E-state index contributed by atoms with van der Waals surface area (Å²) in [5, 5.41) is 4.46. The maximum absolute atomic E-state index is 6.30. The molecule has 0 aliphatic rings. The van der Waals surface area contributed by atoms with Gasteiger partial charge in [0.05, 0.1) is 11.1 Å². The summed E-state index contributed by atoms with van der Waals surface area (Å²) < 4.78 is 1.09. The van der Waals surface area contributed by atoms with Gasteiger partial charge in [-0.1, -0.05) is 55.8 Å². The summed E-state index contributed by atoms with van der Waals surface area (Å²) in [6.45, 7) is 5.37. The Hall–Kier alpha value is -0.580. The SMILES string of the molecule is CCCNC(c1cccc(CC)c1)c1ccc(I)c(Cl)c1. The van der Waals surface area contributed by atoms with Crippen molar-refractivity contribution >= 4 is 34.2 Å². The Bertz CT molecular complexity index is 598. The highest BCUT2D eigenvalue weighted by atomic mass is 127. The van der Waals surface area contributed by atoms with Crippen LogP contribution in [0.2, 0.25) is 5.02 Å². The van der Waals surface area contributed by atoms with Gasteiger partial charge < -0.3 is 5.32 Å². The first-order chi connectivity index (χ1) is 10.2. The third kappa shape index (κ3) is 4.44. The van der Waals surface area contributed by atoms with E-state index in [1.165, 1.54) is 16.7 Å². The highest BCUT2D eigenvalue weighted by molar-refractivity contribution is 14.1. The fourth-order valence-corrected chi connectivity index (χ4v) is 2.93. The van der Waals surface area contributed by atoms with Gasteiger partial charge in [0.15, 0.2) is 0 Å². The molecule has 2 rings (SSSR count). The predicted molar refractivity (Wildman–Crippen MR) is 100 cm³/mol. The van der Waals surface area contributed by atoms with E-state index in [2.05, 4.69) is 84.2 Å². The molecule has 0 aromatic heterocycles. The zero-order valence-electron chi connectivity index (χ0n) is 12.5. The monoisotopic (exact) mass is 413 g/mol. The third-order valence-electron chi connectivity index (χ3n) is 3.57. The highest BCUT2D eigenvalue weighted by Crippen LogP contribution is 2.28. The van der Waals surface area contributed by atoms with Crippen LogP contribution in [0.25, 0.3) is 0 Å². The highest BCUT2D eigenvalue weighted by Gasteiger charge is 2.14. The average molecular weight is 414 g/mol. The molecular formula is C18H21ClIN. The second-order valence-electron chi connectivity index (χ2n) is 5.16. The van der Waals surface area contributed by atoms with E-state index < -0.39 is 0 Å². The molecule has 0 amide bonds. The number of nitrogens with one attached hydrogen (secondary N) is 1. The van der Waals surface area contributed by atoms with Crippen LogP contribution >= 0.6 is 34.2 Å². The Morgan fingerprint density at radius 1 is 1.10 bits per heavy atom. The van der Waals surface area contributed by atoms with Gasteiger partial charge in [-0.15, -0.1) is 0 Å². The second-order valence-corrected chi connectivity index (χ2v) is 6.73. The molecule has 1 unspecified atom stereocenters. The number of aryl methyl sites for hydroxylation is 1. The topological polar surface area (TPSA) is 12.0 Å². The minimum Gasteiger partial charge on any atom is -0.306 e. The number of rotatable bonds is 6. The molecule has 2 aromatic carbocycles. The van der Waals surface area contributed by atoms with Crippen LogP contribution in [0.3, 0.4) is 0 Å². The van der Waals surface area contributed by atoms with Crippen molar-refractivity contribution in [1.29, 1.82) is 0 Å². The van der Waals surface area contributed by atoms with Crippen molar-refractivity contribution in [1.82, 2.24) is 5.32 Å². The molecule has 0 fully saturated rings. The van der Waals surface area contributed by atoms with E-state index in [1.807, 2.05) is 0 Å². The summed E-state index contributed by atoms with van der Waals surface area (Å²) in [7, 11) is 0. The summed E-state index contributed by atoms with van der Waals surface area (Å²) >= 11 is 8.57. The zero-order chi connectivity index (χ0) is 15.2. The minimum absolute atomic E-state index is 0.200. The molecule has 0 spiro atoms. The lowest BCUT2D eigenvalue weighted by molar-refractivity contribution is 0.598. The maximum atomic E-state index is 6.30. The van der Waals surface area contributed by atoms with Gasteiger partial charge in [-0.2, -0.15) is 0 Å². The molecule has 0 bridgehead atoms. The summed E-state index contributed by atoms with van der Waals surface area (Å²) in [5.41, 5.74) is 3.90. The van der Waals surface area contributed by atoms with Crippen molar-refractivity contribution in [3.05, 3.63) is 67.7 Å². The van der Waals surface area contributed by atoms with Crippen molar-refractivity contribution < 1.29 is 0 Å². The predicted octanol–water partition coefficient (Wildman–Crippen LogP) is 5.60. The number of hydrogen-bond donors (Lipinski definition) is 1. The Kier molecular flexibility index (Phi) is 6.52. The largest absolute Gasteiger partial charge is 0.306 e. The molecule has 2 aromatic rings. The summed E-state index contributed by atoms with van der Waals surface area (Å²) in [4.78, 5) is 0. The van der Waals surface area contributed by atoms with E-state index in [9.17, 15) is 0 Å². The van der Waals surface area contributed by atoms with Gasteiger partial charge in [-0.05, 0) is 70.8 Å². The van der Waals surface area contributed by atoms with E-state index in [-0.39, 0.29) is 6.04 Å². The quantitative estimate of drug-likeness (QED) is 0.608. The van der Waals surface area contributed by atoms with Crippen molar-refractivity contribution in [2.45, 2.75) is 32.7 Å². The van der Waals surface area contributed by atoms with Crippen LogP contribution in [0.15, 0.2) is 42.5 Å². The molecule has 1 N–H and O–H groups in total. The summed E-state index contributed by atoms with van der Waals surface area (Å²) in [6, 6.07) is 15.3. The van der Waals surface area contributed by atoms with E-state index in [0.717, 1.165) is 28.0 Å². The first-order valence-electron chi connectivity index (χ1n) is 7.42. The van der Waals surface area contributed by atoms with E-state index >= 15 is 0 Å². The molecule has 112 valence electrons. The molecule has 3 heteroatoms. The minimum atomic E-state index is 0.200. The smallest absolute Gasteiger partial charge is 0.0577 e. The van der Waals surface area contributed by atoms with Crippen molar-refractivity contribution in [3.8, 4) is 0 Å². The first-order valence-corrected chi connectivity index (χ1v) is 8.88. The van der Waals surface area contributed by atoms with E-state index in [4.69, 9.17) is 11.6 Å². The molecule has 0 aliphatic heterocycles. The van der Waals surface area contributed by atoms with Crippen LogP contribution in [-0.2, 0) is 6.42 Å². The zero-order valence-corrected chi connectivity index (χ0v) is 15.4. The Morgan fingerprint density at radius 3 is 2.52 bits per heavy atom. The summed E-state index contributed by atoms with van der Waals surface area (Å²) in [5.74, 6) is 0. The molecule has 0 saturated heterocycles. The molecule has 0 radical (unpaired) electrons. The molecule has 21 heavy (non-hydrogen) atoms. The maximum Gasteiger partial charge on any atom is 0.0577 e. The van der Waals surface area contributed by atoms with Crippen LogP contribution < -0.4 is 5.32 Å². The molecule has 1 nitrogen and oxygen atoms in total. The Labute approximate surface area is 146 Å². The number of halogens is 2. The van der Waals surface area contributed by atoms with Crippen molar-refractivity contribution in [3.63, 3.8) is 0 Å².